The summed E-state index contributed by atoms with van der Waals surface area (Å²) in [7, 11) is -1.35. The number of carbonyl (C=O) groups excluding carboxylic acids is 2. The van der Waals surface area contributed by atoms with E-state index in [1.165, 1.54) is 32.4 Å². The summed E-state index contributed by atoms with van der Waals surface area (Å²) in [5.74, 6) is -0.436. The first-order valence-electron chi connectivity index (χ1n) is 12.3. The topological polar surface area (TPSA) is 114 Å². The largest absolute Gasteiger partial charge is 0.497 e. The standard InChI is InChI=1S/C30H29N3O6S/c1-38-23-17-18-28(39-2)27(19-23)33(40(36,37)24-13-7-4-8-14-24)21-29(34)32-26-16-10-9-15-25(26)30(35)31-20-22-11-5-3-6-12-22/h3-19H,20-21H2,1-2H3,(H,31,35)(H,32,34). The van der Waals surface area contributed by atoms with E-state index in [1.54, 1.807) is 54.6 Å². The highest BCUT2D eigenvalue weighted by Gasteiger charge is 2.30. The second-order valence-electron chi connectivity index (χ2n) is 8.62. The lowest BCUT2D eigenvalue weighted by molar-refractivity contribution is -0.114. The van der Waals surface area contributed by atoms with Crippen LogP contribution in [0.15, 0.2) is 108 Å². The van der Waals surface area contributed by atoms with Gasteiger partial charge in [-0.05, 0) is 42.0 Å². The van der Waals surface area contributed by atoms with Crippen LogP contribution in [0.4, 0.5) is 11.4 Å². The summed E-state index contributed by atoms with van der Waals surface area (Å²) in [6, 6.07) is 28.4. The number of rotatable bonds is 11. The molecule has 0 fully saturated rings. The molecule has 4 rings (SSSR count). The summed E-state index contributed by atoms with van der Waals surface area (Å²) in [5.41, 5.74) is 1.53. The van der Waals surface area contributed by atoms with E-state index < -0.39 is 22.5 Å². The highest BCUT2D eigenvalue weighted by atomic mass is 32.2. The molecule has 0 aromatic heterocycles. The molecule has 0 unspecified atom stereocenters. The lowest BCUT2D eigenvalue weighted by atomic mass is 10.1. The van der Waals surface area contributed by atoms with Crippen LogP contribution >= 0.6 is 0 Å². The van der Waals surface area contributed by atoms with Gasteiger partial charge in [-0.2, -0.15) is 0 Å². The summed E-state index contributed by atoms with van der Waals surface area (Å²) in [4.78, 5) is 26.3. The molecular formula is C30H29N3O6S. The number of amides is 2. The highest BCUT2D eigenvalue weighted by Crippen LogP contribution is 2.35. The van der Waals surface area contributed by atoms with Crippen molar-refractivity contribution in [3.05, 3.63) is 114 Å². The maximum atomic E-state index is 13.8. The van der Waals surface area contributed by atoms with Gasteiger partial charge in [0.25, 0.3) is 15.9 Å². The third-order valence-electron chi connectivity index (χ3n) is 6.01. The van der Waals surface area contributed by atoms with Gasteiger partial charge in [0, 0.05) is 12.6 Å². The molecule has 206 valence electrons. The molecule has 0 heterocycles. The minimum atomic E-state index is -4.21. The van der Waals surface area contributed by atoms with Gasteiger partial charge < -0.3 is 20.1 Å². The summed E-state index contributed by atoms with van der Waals surface area (Å²) < 4.78 is 39.2. The highest BCUT2D eigenvalue weighted by molar-refractivity contribution is 7.92. The number of methoxy groups -OCH3 is 2. The Hall–Kier alpha value is -4.83. The maximum Gasteiger partial charge on any atom is 0.264 e. The molecule has 40 heavy (non-hydrogen) atoms. The van der Waals surface area contributed by atoms with Crippen LogP contribution < -0.4 is 24.4 Å². The van der Waals surface area contributed by atoms with Crippen LogP contribution in [-0.2, 0) is 21.4 Å². The van der Waals surface area contributed by atoms with Crippen molar-refractivity contribution < 1.29 is 27.5 Å². The first-order chi connectivity index (χ1) is 19.3. The van der Waals surface area contributed by atoms with Crippen LogP contribution in [0.1, 0.15) is 15.9 Å². The zero-order valence-electron chi connectivity index (χ0n) is 22.0. The van der Waals surface area contributed by atoms with Crippen molar-refractivity contribution in [3.8, 4) is 11.5 Å². The van der Waals surface area contributed by atoms with Crippen LogP contribution in [0.3, 0.4) is 0 Å². The van der Waals surface area contributed by atoms with Crippen molar-refractivity contribution >= 4 is 33.2 Å². The first-order valence-corrected chi connectivity index (χ1v) is 13.8. The fourth-order valence-corrected chi connectivity index (χ4v) is 5.44. The molecule has 0 aliphatic heterocycles. The maximum absolute atomic E-state index is 13.8. The van der Waals surface area contributed by atoms with Gasteiger partial charge in [-0.1, -0.05) is 60.7 Å². The Morgan fingerprint density at radius 1 is 0.800 bits per heavy atom. The zero-order valence-corrected chi connectivity index (χ0v) is 22.9. The molecule has 10 heteroatoms. The Bertz CT molecular complexity index is 1580. The molecular weight excluding hydrogens is 530 g/mol. The minimum absolute atomic E-state index is 0.00615. The third kappa shape index (κ3) is 6.59. The predicted octanol–water partition coefficient (Wildman–Crippen LogP) is 4.47. The molecule has 0 aliphatic carbocycles. The number of hydrogen-bond acceptors (Lipinski definition) is 6. The van der Waals surface area contributed by atoms with Gasteiger partial charge in [-0.3, -0.25) is 13.9 Å². The summed E-state index contributed by atoms with van der Waals surface area (Å²) in [6.45, 7) is -0.290. The molecule has 2 amide bonds. The number of nitrogens with zero attached hydrogens (tertiary/aromatic N) is 1. The van der Waals surface area contributed by atoms with E-state index in [2.05, 4.69) is 10.6 Å². The average Bonchev–Trinajstić information content (AvgIpc) is 2.99. The Kier molecular flexibility index (Phi) is 9.03. The van der Waals surface area contributed by atoms with E-state index >= 15 is 0 Å². The van der Waals surface area contributed by atoms with Crippen LogP contribution in [0.25, 0.3) is 0 Å². The SMILES string of the molecule is COc1ccc(OC)c(N(CC(=O)Nc2ccccc2C(=O)NCc2ccccc2)S(=O)(=O)c2ccccc2)c1. The van der Waals surface area contributed by atoms with Crippen molar-refractivity contribution in [2.75, 3.05) is 30.4 Å². The number of hydrogen-bond donors (Lipinski definition) is 2. The van der Waals surface area contributed by atoms with Crippen molar-refractivity contribution in [2.24, 2.45) is 0 Å². The van der Waals surface area contributed by atoms with Crippen LogP contribution in [-0.4, -0.2) is 41.0 Å². The Balaban J connectivity index is 1.62. The molecule has 2 N–H and O–H groups in total. The first kappa shape index (κ1) is 28.2. The van der Waals surface area contributed by atoms with Crippen molar-refractivity contribution in [3.63, 3.8) is 0 Å². The van der Waals surface area contributed by atoms with Crippen molar-refractivity contribution in [1.29, 1.82) is 0 Å². The number of ether oxygens (including phenoxy) is 2. The molecule has 0 atom stereocenters. The third-order valence-corrected chi connectivity index (χ3v) is 7.79. The number of anilines is 2. The quantitative estimate of drug-likeness (QED) is 0.280. The molecule has 0 radical (unpaired) electrons. The Labute approximate surface area is 233 Å². The minimum Gasteiger partial charge on any atom is -0.497 e. The summed E-state index contributed by atoms with van der Waals surface area (Å²) in [6.07, 6.45) is 0. The zero-order chi connectivity index (χ0) is 28.5. The van der Waals surface area contributed by atoms with Crippen molar-refractivity contribution in [1.82, 2.24) is 5.32 Å². The molecule has 0 bridgehead atoms. The average molecular weight is 560 g/mol. The van der Waals surface area contributed by atoms with Crippen molar-refractivity contribution in [2.45, 2.75) is 11.4 Å². The second-order valence-corrected chi connectivity index (χ2v) is 10.5. The van der Waals surface area contributed by atoms with Gasteiger partial charge in [0.05, 0.1) is 36.1 Å². The van der Waals surface area contributed by atoms with E-state index in [0.717, 1.165) is 9.87 Å². The molecule has 0 aliphatic rings. The fraction of sp³-hybridized carbons (Fsp3) is 0.133. The van der Waals surface area contributed by atoms with E-state index in [9.17, 15) is 18.0 Å². The summed E-state index contributed by atoms with van der Waals surface area (Å²) >= 11 is 0. The lowest BCUT2D eigenvalue weighted by Gasteiger charge is -2.26. The smallest absolute Gasteiger partial charge is 0.264 e. The molecule has 0 saturated carbocycles. The number of benzene rings is 4. The van der Waals surface area contributed by atoms with Gasteiger partial charge in [-0.25, -0.2) is 8.42 Å². The normalized spacial score (nSPS) is 10.8. The van der Waals surface area contributed by atoms with Gasteiger partial charge in [0.15, 0.2) is 0 Å². The second kappa shape index (κ2) is 12.8. The molecule has 4 aromatic carbocycles. The van der Waals surface area contributed by atoms with E-state index in [4.69, 9.17) is 9.47 Å². The Morgan fingerprint density at radius 3 is 2.12 bits per heavy atom. The summed E-state index contributed by atoms with van der Waals surface area (Å²) in [5, 5.41) is 5.54. The Morgan fingerprint density at radius 2 is 1.45 bits per heavy atom. The van der Waals surface area contributed by atoms with Crippen LogP contribution in [0, 0.1) is 0 Å². The molecule has 0 saturated heterocycles. The van der Waals surface area contributed by atoms with Gasteiger partial charge in [0.2, 0.25) is 5.91 Å². The van der Waals surface area contributed by atoms with E-state index in [0.29, 0.717) is 12.3 Å². The van der Waals surface area contributed by atoms with Crippen LogP contribution in [0.2, 0.25) is 0 Å². The number of nitrogens with one attached hydrogen (secondary N) is 2. The lowest BCUT2D eigenvalue weighted by Crippen LogP contribution is -2.38. The van der Waals surface area contributed by atoms with Crippen LogP contribution in [0.5, 0.6) is 11.5 Å². The molecule has 0 spiro atoms. The van der Waals surface area contributed by atoms with Gasteiger partial charge in [0.1, 0.15) is 18.0 Å². The van der Waals surface area contributed by atoms with E-state index in [1.807, 2.05) is 30.3 Å². The molecule has 9 nitrogen and oxygen atoms in total. The van der Waals surface area contributed by atoms with E-state index in [-0.39, 0.29) is 33.5 Å². The van der Waals surface area contributed by atoms with Gasteiger partial charge >= 0.3 is 0 Å². The number of sulfonamides is 1. The predicted molar refractivity (Wildman–Crippen MR) is 153 cm³/mol. The van der Waals surface area contributed by atoms with Gasteiger partial charge in [-0.15, -0.1) is 0 Å². The fourth-order valence-electron chi connectivity index (χ4n) is 3.99. The number of carbonyl (C=O) groups is 2. The number of para-hydroxylation sites is 1. The molecule has 4 aromatic rings. The monoisotopic (exact) mass is 559 g/mol.